The number of aryl methyl sites for hydroxylation is 1. The highest BCUT2D eigenvalue weighted by Gasteiger charge is 2.12. The number of anilines is 1. The highest BCUT2D eigenvalue weighted by atomic mass is 32.2. The Kier molecular flexibility index (Phi) is 6.28. The van der Waals surface area contributed by atoms with Gasteiger partial charge < -0.3 is 5.32 Å². The lowest BCUT2D eigenvalue weighted by Crippen LogP contribution is -2.18. The van der Waals surface area contributed by atoms with Crippen LogP contribution in [0.4, 0.5) is 5.69 Å². The van der Waals surface area contributed by atoms with Gasteiger partial charge in [0.25, 0.3) is 5.56 Å². The summed E-state index contributed by atoms with van der Waals surface area (Å²) in [5.41, 5.74) is 1.33. The van der Waals surface area contributed by atoms with Crippen molar-refractivity contribution in [3.8, 4) is 0 Å². The van der Waals surface area contributed by atoms with Crippen LogP contribution in [-0.2, 0) is 17.0 Å². The number of benzene rings is 1. The van der Waals surface area contributed by atoms with E-state index in [4.69, 9.17) is 0 Å². The first-order chi connectivity index (χ1) is 13.0. The van der Waals surface area contributed by atoms with Gasteiger partial charge in [0.15, 0.2) is 0 Å². The minimum atomic E-state index is -0.157. The van der Waals surface area contributed by atoms with Gasteiger partial charge in [0.1, 0.15) is 5.01 Å². The predicted molar refractivity (Wildman–Crippen MR) is 111 cm³/mol. The van der Waals surface area contributed by atoms with Crippen molar-refractivity contribution < 1.29 is 4.79 Å². The maximum atomic E-state index is 12.3. The second-order valence-corrected chi connectivity index (χ2v) is 8.51. The van der Waals surface area contributed by atoms with Crippen LogP contribution in [0.2, 0.25) is 0 Å². The van der Waals surface area contributed by atoms with Crippen LogP contribution in [0.3, 0.4) is 0 Å². The maximum absolute atomic E-state index is 12.3. The van der Waals surface area contributed by atoms with Crippen molar-refractivity contribution in [2.75, 3.05) is 5.32 Å². The molecular weight excluding hydrogens is 380 g/mol. The van der Waals surface area contributed by atoms with Gasteiger partial charge in [-0.3, -0.25) is 9.59 Å². The fourth-order valence-electron chi connectivity index (χ4n) is 2.41. The number of nitrogens with zero attached hydrogens (tertiary/aromatic N) is 3. The topological polar surface area (TPSA) is 76.4 Å². The Bertz CT molecular complexity index is 1010. The lowest BCUT2D eigenvalue weighted by Gasteiger charge is -2.12. The fourth-order valence-corrected chi connectivity index (χ4v) is 4.33. The third-order valence-corrected chi connectivity index (χ3v) is 5.92. The summed E-state index contributed by atoms with van der Waals surface area (Å²) in [7, 11) is 0. The van der Waals surface area contributed by atoms with Gasteiger partial charge in [0, 0.05) is 29.1 Å². The molecule has 2 heterocycles. The van der Waals surface area contributed by atoms with E-state index >= 15 is 0 Å². The quantitative estimate of drug-likeness (QED) is 0.605. The van der Waals surface area contributed by atoms with Crippen molar-refractivity contribution >= 4 is 39.7 Å². The number of amides is 1. The van der Waals surface area contributed by atoms with E-state index in [1.165, 1.54) is 21.9 Å². The van der Waals surface area contributed by atoms with Gasteiger partial charge in [0.2, 0.25) is 10.9 Å². The molecule has 1 N–H and O–H groups in total. The standard InChI is InChI=1S/C19H22N4O2S2/c1-4-7-16-22-23-17(24)10-13(20-19(23)27-16)11-26-15-9-6-5-8-14(15)21-18(25)12(2)3/h5-6,8-10,12H,4,7,11H2,1-3H3,(H,21,25). The molecule has 0 atom stereocenters. The van der Waals surface area contributed by atoms with Gasteiger partial charge in [-0.2, -0.15) is 9.61 Å². The predicted octanol–water partition coefficient (Wildman–Crippen LogP) is 3.99. The molecule has 0 saturated heterocycles. The minimum Gasteiger partial charge on any atom is -0.325 e. The van der Waals surface area contributed by atoms with Crippen LogP contribution in [0.15, 0.2) is 40.0 Å². The summed E-state index contributed by atoms with van der Waals surface area (Å²) >= 11 is 3.01. The molecule has 0 aliphatic rings. The molecule has 0 fully saturated rings. The molecule has 0 spiro atoms. The number of thioether (sulfide) groups is 1. The molecule has 6 nitrogen and oxygen atoms in total. The van der Waals surface area contributed by atoms with Crippen molar-refractivity contribution in [1.82, 2.24) is 14.6 Å². The van der Waals surface area contributed by atoms with E-state index in [9.17, 15) is 9.59 Å². The Morgan fingerprint density at radius 2 is 2.11 bits per heavy atom. The second kappa shape index (κ2) is 8.67. The molecular formula is C19H22N4O2S2. The molecule has 0 radical (unpaired) electrons. The van der Waals surface area contributed by atoms with Crippen LogP contribution in [0.5, 0.6) is 0 Å². The zero-order valence-corrected chi connectivity index (χ0v) is 17.2. The highest BCUT2D eigenvalue weighted by molar-refractivity contribution is 7.98. The molecule has 1 amide bonds. The van der Waals surface area contributed by atoms with Crippen LogP contribution in [0, 0.1) is 5.92 Å². The van der Waals surface area contributed by atoms with Crippen molar-refractivity contribution in [2.45, 2.75) is 44.3 Å². The molecule has 3 rings (SSSR count). The number of carbonyl (C=O) groups is 1. The monoisotopic (exact) mass is 402 g/mol. The van der Waals surface area contributed by atoms with Gasteiger partial charge in [-0.15, -0.1) is 11.8 Å². The summed E-state index contributed by atoms with van der Waals surface area (Å²) in [6.07, 6.45) is 1.83. The molecule has 2 aromatic heterocycles. The molecule has 0 aliphatic carbocycles. The molecule has 0 unspecified atom stereocenters. The second-order valence-electron chi connectivity index (χ2n) is 6.45. The van der Waals surface area contributed by atoms with Crippen LogP contribution >= 0.6 is 23.1 Å². The number of nitrogens with one attached hydrogen (secondary N) is 1. The lowest BCUT2D eigenvalue weighted by molar-refractivity contribution is -0.118. The Morgan fingerprint density at radius 3 is 2.85 bits per heavy atom. The molecule has 1 aromatic carbocycles. The van der Waals surface area contributed by atoms with Crippen molar-refractivity contribution in [3.05, 3.63) is 51.4 Å². The Morgan fingerprint density at radius 1 is 1.33 bits per heavy atom. The van der Waals surface area contributed by atoms with E-state index in [1.807, 2.05) is 38.1 Å². The average Bonchev–Trinajstić information content (AvgIpc) is 3.04. The van der Waals surface area contributed by atoms with Crippen molar-refractivity contribution in [2.24, 2.45) is 5.92 Å². The van der Waals surface area contributed by atoms with E-state index in [2.05, 4.69) is 22.3 Å². The van der Waals surface area contributed by atoms with Crippen LogP contribution in [0.25, 0.3) is 4.96 Å². The van der Waals surface area contributed by atoms with Gasteiger partial charge in [0.05, 0.1) is 11.4 Å². The zero-order valence-electron chi connectivity index (χ0n) is 15.6. The third kappa shape index (κ3) is 4.75. The maximum Gasteiger partial charge on any atom is 0.275 e. The van der Waals surface area contributed by atoms with Gasteiger partial charge >= 0.3 is 0 Å². The van der Waals surface area contributed by atoms with Gasteiger partial charge in [-0.25, -0.2) is 4.98 Å². The molecule has 142 valence electrons. The summed E-state index contributed by atoms with van der Waals surface area (Å²) in [4.78, 5) is 30.5. The normalized spacial score (nSPS) is 11.3. The van der Waals surface area contributed by atoms with E-state index in [-0.39, 0.29) is 17.4 Å². The van der Waals surface area contributed by atoms with E-state index in [0.29, 0.717) is 16.4 Å². The highest BCUT2D eigenvalue weighted by Crippen LogP contribution is 2.29. The molecule has 3 aromatic rings. The fraction of sp³-hybridized carbons (Fsp3) is 0.368. The number of aromatic nitrogens is 3. The van der Waals surface area contributed by atoms with Crippen LogP contribution in [-0.4, -0.2) is 20.5 Å². The number of hydrogen-bond acceptors (Lipinski definition) is 6. The number of carbonyl (C=O) groups excluding carboxylic acids is 1. The first-order valence-corrected chi connectivity index (χ1v) is 10.7. The summed E-state index contributed by atoms with van der Waals surface area (Å²) in [6.45, 7) is 5.80. The Labute approximate surface area is 166 Å². The minimum absolute atomic E-state index is 0.0195. The first-order valence-electron chi connectivity index (χ1n) is 8.89. The zero-order chi connectivity index (χ0) is 19.4. The molecule has 0 bridgehead atoms. The average molecular weight is 403 g/mol. The third-order valence-electron chi connectivity index (χ3n) is 3.85. The Hall–Kier alpha value is -2.19. The summed E-state index contributed by atoms with van der Waals surface area (Å²) < 4.78 is 1.38. The SMILES string of the molecule is CCCc1nn2c(=O)cc(CSc3ccccc3NC(=O)C(C)C)nc2s1. The molecule has 27 heavy (non-hydrogen) atoms. The Balaban J connectivity index is 1.79. The van der Waals surface area contributed by atoms with Crippen LogP contribution < -0.4 is 10.9 Å². The van der Waals surface area contributed by atoms with E-state index in [1.54, 1.807) is 11.8 Å². The lowest BCUT2D eigenvalue weighted by atomic mass is 10.2. The number of fused-ring (bicyclic) bond motifs is 1. The van der Waals surface area contributed by atoms with E-state index < -0.39 is 0 Å². The smallest absolute Gasteiger partial charge is 0.275 e. The summed E-state index contributed by atoms with van der Waals surface area (Å²) in [5.74, 6) is 0.436. The summed E-state index contributed by atoms with van der Waals surface area (Å²) in [5, 5.41) is 8.21. The largest absolute Gasteiger partial charge is 0.325 e. The number of para-hydroxylation sites is 1. The molecule has 0 aliphatic heterocycles. The van der Waals surface area contributed by atoms with Crippen LogP contribution in [0.1, 0.15) is 37.9 Å². The first kappa shape index (κ1) is 19.6. The van der Waals surface area contributed by atoms with E-state index in [0.717, 1.165) is 28.4 Å². The molecule has 0 saturated carbocycles. The van der Waals surface area contributed by atoms with Gasteiger partial charge in [-0.05, 0) is 18.6 Å². The number of rotatable bonds is 7. The number of hydrogen-bond donors (Lipinski definition) is 1. The summed E-state index contributed by atoms with van der Waals surface area (Å²) in [6, 6.07) is 9.19. The van der Waals surface area contributed by atoms with Gasteiger partial charge in [-0.1, -0.05) is 44.2 Å². The molecule has 8 heteroatoms. The van der Waals surface area contributed by atoms with Crippen molar-refractivity contribution in [1.29, 1.82) is 0 Å². The van der Waals surface area contributed by atoms with Crippen molar-refractivity contribution in [3.63, 3.8) is 0 Å².